The number of nitrogens with zero attached hydrogens (tertiary/aromatic N) is 2. The van der Waals surface area contributed by atoms with Crippen molar-refractivity contribution in [2.75, 3.05) is 13.1 Å². The first-order chi connectivity index (χ1) is 11.1. The van der Waals surface area contributed by atoms with Gasteiger partial charge in [0, 0.05) is 17.8 Å². The Labute approximate surface area is 132 Å². The van der Waals surface area contributed by atoms with Gasteiger partial charge >= 0.3 is 0 Å². The highest BCUT2D eigenvalue weighted by atomic mass is 19.1. The lowest BCUT2D eigenvalue weighted by Crippen LogP contribution is -2.28. The summed E-state index contributed by atoms with van der Waals surface area (Å²) in [5.41, 5.74) is 1.42. The fourth-order valence-electron chi connectivity index (χ4n) is 3.61. The standard InChI is InChI=1S/C17H19FN4O/c1-22-16-15(14(21-22)8-10-4-6-19-7-5-10)12-3-2-11(18)9-13(12)17(23)20-16/h2-3,9-10,19H,4-8H2,1H3,(H,20,23). The molecule has 120 valence electrons. The lowest BCUT2D eigenvalue weighted by molar-refractivity contribution is 0.370. The molecule has 1 aliphatic heterocycles. The molecule has 2 aromatic heterocycles. The number of H-pyrrole nitrogens is 1. The van der Waals surface area contributed by atoms with Crippen LogP contribution in [0.1, 0.15) is 18.5 Å². The zero-order valence-corrected chi connectivity index (χ0v) is 13.0. The maximum Gasteiger partial charge on any atom is 0.257 e. The Morgan fingerprint density at radius 2 is 2.09 bits per heavy atom. The first kappa shape index (κ1) is 14.4. The van der Waals surface area contributed by atoms with E-state index in [1.54, 1.807) is 10.7 Å². The Morgan fingerprint density at radius 1 is 1.30 bits per heavy atom. The van der Waals surface area contributed by atoms with Crippen LogP contribution in [0.15, 0.2) is 23.0 Å². The van der Waals surface area contributed by atoms with Crippen LogP contribution in [0.4, 0.5) is 4.39 Å². The van der Waals surface area contributed by atoms with Gasteiger partial charge in [-0.15, -0.1) is 0 Å². The molecule has 0 bridgehead atoms. The van der Waals surface area contributed by atoms with Gasteiger partial charge in [0.1, 0.15) is 11.5 Å². The van der Waals surface area contributed by atoms with Gasteiger partial charge in [-0.05, 0) is 50.4 Å². The predicted octanol–water partition coefficient (Wildman–Crippen LogP) is 2.10. The summed E-state index contributed by atoms with van der Waals surface area (Å²) in [6, 6.07) is 4.40. The molecule has 0 aliphatic carbocycles. The first-order valence-electron chi connectivity index (χ1n) is 8.01. The third kappa shape index (κ3) is 2.43. The summed E-state index contributed by atoms with van der Waals surface area (Å²) in [5, 5.41) is 10.1. The van der Waals surface area contributed by atoms with E-state index in [0.717, 1.165) is 48.8 Å². The fourth-order valence-corrected chi connectivity index (χ4v) is 3.61. The number of hydrogen-bond acceptors (Lipinski definition) is 3. The number of aryl methyl sites for hydroxylation is 1. The van der Waals surface area contributed by atoms with Crippen LogP contribution in [-0.2, 0) is 13.5 Å². The van der Waals surface area contributed by atoms with Gasteiger partial charge in [-0.2, -0.15) is 5.10 Å². The second-order valence-electron chi connectivity index (χ2n) is 6.34. The van der Waals surface area contributed by atoms with Gasteiger partial charge < -0.3 is 10.3 Å². The van der Waals surface area contributed by atoms with Crippen LogP contribution in [-0.4, -0.2) is 27.9 Å². The van der Waals surface area contributed by atoms with Crippen molar-refractivity contribution in [1.82, 2.24) is 20.1 Å². The van der Waals surface area contributed by atoms with Gasteiger partial charge in [-0.1, -0.05) is 6.07 Å². The molecule has 3 aromatic rings. The normalized spacial score (nSPS) is 16.4. The van der Waals surface area contributed by atoms with Crippen molar-refractivity contribution in [3.63, 3.8) is 0 Å². The van der Waals surface area contributed by atoms with Crippen molar-refractivity contribution in [2.24, 2.45) is 13.0 Å². The van der Waals surface area contributed by atoms with E-state index in [4.69, 9.17) is 0 Å². The minimum atomic E-state index is -0.397. The van der Waals surface area contributed by atoms with E-state index in [1.807, 2.05) is 7.05 Å². The third-order valence-corrected chi connectivity index (χ3v) is 4.79. The van der Waals surface area contributed by atoms with E-state index in [0.29, 0.717) is 17.0 Å². The largest absolute Gasteiger partial charge is 0.317 e. The average Bonchev–Trinajstić information content (AvgIpc) is 2.85. The number of rotatable bonds is 2. The van der Waals surface area contributed by atoms with Gasteiger partial charge in [0.05, 0.1) is 11.1 Å². The minimum Gasteiger partial charge on any atom is -0.317 e. The molecule has 2 N–H and O–H groups in total. The molecule has 1 aromatic carbocycles. The van der Waals surface area contributed by atoms with E-state index >= 15 is 0 Å². The van der Waals surface area contributed by atoms with Crippen molar-refractivity contribution >= 4 is 21.8 Å². The number of fused-ring (bicyclic) bond motifs is 3. The third-order valence-electron chi connectivity index (χ3n) is 4.79. The SMILES string of the molecule is Cn1nc(CC2CCNCC2)c2c3ccc(F)cc3c(=O)[nH]c21. The number of halogens is 1. The van der Waals surface area contributed by atoms with Crippen LogP contribution < -0.4 is 10.9 Å². The smallest absolute Gasteiger partial charge is 0.257 e. The highest BCUT2D eigenvalue weighted by Crippen LogP contribution is 2.28. The quantitative estimate of drug-likeness (QED) is 0.761. The molecular formula is C17H19FN4O. The molecule has 0 atom stereocenters. The van der Waals surface area contributed by atoms with Gasteiger partial charge in [0.2, 0.25) is 0 Å². The summed E-state index contributed by atoms with van der Waals surface area (Å²) in [7, 11) is 1.83. The van der Waals surface area contributed by atoms with E-state index in [-0.39, 0.29) is 5.56 Å². The van der Waals surface area contributed by atoms with Gasteiger partial charge in [0.15, 0.2) is 0 Å². The monoisotopic (exact) mass is 314 g/mol. The number of aromatic nitrogens is 3. The molecule has 1 saturated heterocycles. The van der Waals surface area contributed by atoms with E-state index < -0.39 is 5.82 Å². The van der Waals surface area contributed by atoms with Crippen molar-refractivity contribution in [1.29, 1.82) is 0 Å². The highest BCUT2D eigenvalue weighted by molar-refractivity contribution is 6.05. The number of aromatic amines is 1. The number of hydrogen-bond donors (Lipinski definition) is 2. The van der Waals surface area contributed by atoms with Crippen molar-refractivity contribution in [3.05, 3.63) is 40.1 Å². The molecule has 1 aliphatic rings. The first-order valence-corrected chi connectivity index (χ1v) is 8.01. The second-order valence-corrected chi connectivity index (χ2v) is 6.34. The molecule has 4 rings (SSSR count). The number of nitrogens with one attached hydrogen (secondary N) is 2. The summed E-state index contributed by atoms with van der Waals surface area (Å²) in [6.07, 6.45) is 3.15. The average molecular weight is 314 g/mol. The molecule has 0 radical (unpaired) electrons. The summed E-state index contributed by atoms with van der Waals surface area (Å²) < 4.78 is 15.2. The Balaban J connectivity index is 1.92. The Morgan fingerprint density at radius 3 is 2.87 bits per heavy atom. The molecule has 0 spiro atoms. The Bertz CT molecular complexity index is 937. The number of pyridine rings is 1. The number of piperidine rings is 1. The van der Waals surface area contributed by atoms with Crippen molar-refractivity contribution in [2.45, 2.75) is 19.3 Å². The van der Waals surface area contributed by atoms with E-state index in [2.05, 4.69) is 15.4 Å². The summed E-state index contributed by atoms with van der Waals surface area (Å²) in [4.78, 5) is 15.1. The molecule has 0 saturated carbocycles. The maximum atomic E-state index is 13.5. The van der Waals surface area contributed by atoms with Crippen LogP contribution in [0.3, 0.4) is 0 Å². The zero-order chi connectivity index (χ0) is 16.0. The topological polar surface area (TPSA) is 62.7 Å². The lowest BCUT2D eigenvalue weighted by atomic mass is 9.92. The molecule has 23 heavy (non-hydrogen) atoms. The second kappa shape index (κ2) is 5.45. The van der Waals surface area contributed by atoms with E-state index in [9.17, 15) is 9.18 Å². The van der Waals surface area contributed by atoms with Gasteiger partial charge in [0.25, 0.3) is 5.56 Å². The maximum absolute atomic E-state index is 13.5. The van der Waals surface area contributed by atoms with Crippen molar-refractivity contribution in [3.8, 4) is 0 Å². The van der Waals surface area contributed by atoms with Crippen LogP contribution in [0.25, 0.3) is 21.8 Å². The van der Waals surface area contributed by atoms with Gasteiger partial charge in [-0.3, -0.25) is 9.48 Å². The minimum absolute atomic E-state index is 0.275. The van der Waals surface area contributed by atoms with Gasteiger partial charge in [-0.25, -0.2) is 4.39 Å². The highest BCUT2D eigenvalue weighted by Gasteiger charge is 2.20. The summed E-state index contributed by atoms with van der Waals surface area (Å²) in [6.45, 7) is 2.08. The molecule has 3 heterocycles. The van der Waals surface area contributed by atoms with E-state index in [1.165, 1.54) is 12.1 Å². The fraction of sp³-hybridized carbons (Fsp3) is 0.412. The summed E-state index contributed by atoms with van der Waals surface area (Å²) >= 11 is 0. The molecule has 0 unspecified atom stereocenters. The molecule has 0 amide bonds. The molecule has 1 fully saturated rings. The van der Waals surface area contributed by atoms with Crippen LogP contribution >= 0.6 is 0 Å². The lowest BCUT2D eigenvalue weighted by Gasteiger charge is -2.21. The summed E-state index contributed by atoms with van der Waals surface area (Å²) in [5.74, 6) is 0.197. The van der Waals surface area contributed by atoms with Crippen LogP contribution in [0, 0.1) is 11.7 Å². The molecular weight excluding hydrogens is 295 g/mol. The number of benzene rings is 1. The van der Waals surface area contributed by atoms with Crippen molar-refractivity contribution < 1.29 is 4.39 Å². The Kier molecular flexibility index (Phi) is 3.41. The molecule has 6 heteroatoms. The Hall–Kier alpha value is -2.21. The predicted molar refractivity (Wildman–Crippen MR) is 88.1 cm³/mol. The van der Waals surface area contributed by atoms with Crippen LogP contribution in [0.5, 0.6) is 0 Å². The van der Waals surface area contributed by atoms with Crippen LogP contribution in [0.2, 0.25) is 0 Å². The molecule has 5 nitrogen and oxygen atoms in total. The zero-order valence-electron chi connectivity index (χ0n) is 13.0.